The fourth-order valence-corrected chi connectivity index (χ4v) is 3.28. The van der Waals surface area contributed by atoms with Crippen LogP contribution in [0.2, 0.25) is 0 Å². The maximum atomic E-state index is 3.68. The molecular weight excluding hydrogens is 330 g/mol. The van der Waals surface area contributed by atoms with Gasteiger partial charge in [-0.2, -0.15) is 0 Å². The minimum Gasteiger partial charge on any atom is -0.310 e. The summed E-state index contributed by atoms with van der Waals surface area (Å²) in [5.74, 6) is 0. The van der Waals surface area contributed by atoms with Crippen LogP contribution in [0.5, 0.6) is 0 Å². The lowest BCUT2D eigenvalue weighted by Crippen LogP contribution is -2.21. The zero-order valence-electron chi connectivity index (χ0n) is 12.1. The van der Waals surface area contributed by atoms with E-state index in [4.69, 9.17) is 0 Å². The molecule has 0 fully saturated rings. The third-order valence-electron chi connectivity index (χ3n) is 2.96. The summed E-state index contributed by atoms with van der Waals surface area (Å²) in [5, 5.41) is 3.44. The Morgan fingerprint density at radius 1 is 1.10 bits per heavy atom. The number of aryl methyl sites for hydroxylation is 1. The van der Waals surface area contributed by atoms with Gasteiger partial charge in [0.2, 0.25) is 0 Å². The summed E-state index contributed by atoms with van der Waals surface area (Å²) >= 11 is 5.47. The van der Waals surface area contributed by atoms with Crippen molar-refractivity contribution in [2.24, 2.45) is 0 Å². The van der Waals surface area contributed by atoms with Crippen LogP contribution in [0, 0.1) is 6.92 Å². The van der Waals surface area contributed by atoms with Gasteiger partial charge in [-0.3, -0.25) is 0 Å². The summed E-state index contributed by atoms with van der Waals surface area (Å²) in [5.41, 5.74) is 2.60. The molecular formula is C17H20BrNS. The highest BCUT2D eigenvalue weighted by Crippen LogP contribution is 2.34. The molecule has 0 spiro atoms. The minimum absolute atomic E-state index is 0.510. The lowest BCUT2D eigenvalue weighted by atomic mass is 10.2. The Balaban J connectivity index is 2.07. The Morgan fingerprint density at radius 3 is 2.40 bits per heavy atom. The molecule has 1 nitrogen and oxygen atoms in total. The molecule has 0 heterocycles. The highest BCUT2D eigenvalue weighted by atomic mass is 79.9. The van der Waals surface area contributed by atoms with Crippen molar-refractivity contribution >= 4 is 27.7 Å². The largest absolute Gasteiger partial charge is 0.310 e. The van der Waals surface area contributed by atoms with Gasteiger partial charge in [-0.15, -0.1) is 0 Å². The van der Waals surface area contributed by atoms with Gasteiger partial charge in [-0.25, -0.2) is 0 Å². The molecule has 0 aliphatic heterocycles. The van der Waals surface area contributed by atoms with Crippen molar-refractivity contribution in [3.05, 3.63) is 58.1 Å². The fourth-order valence-electron chi connectivity index (χ4n) is 1.79. The van der Waals surface area contributed by atoms with Crippen molar-refractivity contribution in [3.63, 3.8) is 0 Å². The van der Waals surface area contributed by atoms with E-state index in [-0.39, 0.29) is 0 Å². The summed E-state index contributed by atoms with van der Waals surface area (Å²) < 4.78 is 1.16. The number of halogens is 1. The van der Waals surface area contributed by atoms with Gasteiger partial charge in [0.05, 0.1) is 0 Å². The molecule has 2 aromatic carbocycles. The average molecular weight is 350 g/mol. The number of rotatable bonds is 5. The Bertz CT molecular complexity index is 564. The van der Waals surface area contributed by atoms with Crippen LogP contribution in [0.15, 0.2) is 56.7 Å². The molecule has 1 N–H and O–H groups in total. The zero-order chi connectivity index (χ0) is 14.5. The van der Waals surface area contributed by atoms with Gasteiger partial charge in [0.15, 0.2) is 0 Å². The van der Waals surface area contributed by atoms with Gasteiger partial charge in [0, 0.05) is 26.9 Å². The van der Waals surface area contributed by atoms with Crippen molar-refractivity contribution < 1.29 is 0 Å². The Labute approximate surface area is 134 Å². The zero-order valence-corrected chi connectivity index (χ0v) is 14.5. The van der Waals surface area contributed by atoms with Crippen molar-refractivity contribution in [1.29, 1.82) is 0 Å². The Kier molecular flexibility index (Phi) is 5.70. The molecule has 0 radical (unpaired) electrons. The maximum Gasteiger partial charge on any atom is 0.0318 e. The SMILES string of the molecule is Cc1ccc(Sc2ccc(CNC(C)C)cc2Br)cc1. The molecule has 2 aromatic rings. The fraction of sp³-hybridized carbons (Fsp3) is 0.294. The van der Waals surface area contributed by atoms with Gasteiger partial charge in [-0.1, -0.05) is 49.4 Å². The van der Waals surface area contributed by atoms with E-state index in [9.17, 15) is 0 Å². The van der Waals surface area contributed by atoms with Crippen molar-refractivity contribution in [3.8, 4) is 0 Å². The van der Waals surface area contributed by atoms with E-state index in [0.29, 0.717) is 6.04 Å². The second-order valence-electron chi connectivity index (χ2n) is 5.22. The number of nitrogens with one attached hydrogen (secondary N) is 1. The van der Waals surface area contributed by atoms with Gasteiger partial charge in [0.25, 0.3) is 0 Å². The first-order valence-corrected chi connectivity index (χ1v) is 8.42. The monoisotopic (exact) mass is 349 g/mol. The van der Waals surface area contributed by atoms with Crippen LogP contribution in [0.25, 0.3) is 0 Å². The van der Waals surface area contributed by atoms with Crippen molar-refractivity contribution in [2.75, 3.05) is 0 Å². The first-order chi connectivity index (χ1) is 9.54. The lowest BCUT2D eigenvalue weighted by Gasteiger charge is -2.10. The minimum atomic E-state index is 0.510. The normalized spacial score (nSPS) is 11.1. The summed E-state index contributed by atoms with van der Waals surface area (Å²) in [6.45, 7) is 7.35. The van der Waals surface area contributed by atoms with Crippen LogP contribution in [-0.4, -0.2) is 6.04 Å². The average Bonchev–Trinajstić information content (AvgIpc) is 2.41. The molecule has 0 atom stereocenters. The molecule has 0 saturated heterocycles. The molecule has 20 heavy (non-hydrogen) atoms. The van der Waals surface area contributed by atoms with E-state index < -0.39 is 0 Å². The number of hydrogen-bond acceptors (Lipinski definition) is 2. The first-order valence-electron chi connectivity index (χ1n) is 6.81. The van der Waals surface area contributed by atoms with Crippen LogP contribution >= 0.6 is 27.7 Å². The van der Waals surface area contributed by atoms with Crippen LogP contribution in [0.4, 0.5) is 0 Å². The smallest absolute Gasteiger partial charge is 0.0318 e. The molecule has 2 rings (SSSR count). The van der Waals surface area contributed by atoms with E-state index in [1.807, 2.05) is 0 Å². The quantitative estimate of drug-likeness (QED) is 0.774. The van der Waals surface area contributed by atoms with Crippen molar-refractivity contribution in [2.45, 2.75) is 43.1 Å². The summed E-state index contributed by atoms with van der Waals surface area (Å²) in [4.78, 5) is 2.52. The van der Waals surface area contributed by atoms with Crippen LogP contribution < -0.4 is 5.32 Å². The highest BCUT2D eigenvalue weighted by Gasteiger charge is 2.04. The summed E-state index contributed by atoms with van der Waals surface area (Å²) in [6.07, 6.45) is 0. The van der Waals surface area contributed by atoms with Crippen LogP contribution in [0.1, 0.15) is 25.0 Å². The predicted octanol–water partition coefficient (Wildman–Crippen LogP) is 5.41. The van der Waals surface area contributed by atoms with E-state index in [1.165, 1.54) is 20.9 Å². The lowest BCUT2D eigenvalue weighted by molar-refractivity contribution is 0.588. The van der Waals surface area contributed by atoms with Crippen LogP contribution in [-0.2, 0) is 6.54 Å². The number of hydrogen-bond donors (Lipinski definition) is 1. The standard InChI is InChI=1S/C17H20BrNS/c1-12(2)19-11-14-6-9-17(16(18)10-14)20-15-7-4-13(3)5-8-15/h4-10,12,19H,11H2,1-3H3. The van der Waals surface area contributed by atoms with E-state index in [2.05, 4.69) is 84.5 Å². The molecule has 0 aliphatic rings. The maximum absolute atomic E-state index is 3.68. The van der Waals surface area contributed by atoms with E-state index in [0.717, 1.165) is 11.0 Å². The van der Waals surface area contributed by atoms with E-state index in [1.54, 1.807) is 11.8 Å². The van der Waals surface area contributed by atoms with Gasteiger partial charge in [-0.05, 0) is 52.7 Å². The van der Waals surface area contributed by atoms with Gasteiger partial charge < -0.3 is 5.32 Å². The van der Waals surface area contributed by atoms with Crippen molar-refractivity contribution in [1.82, 2.24) is 5.32 Å². The molecule has 106 valence electrons. The third kappa shape index (κ3) is 4.65. The topological polar surface area (TPSA) is 12.0 Å². The molecule has 0 saturated carbocycles. The third-order valence-corrected chi connectivity index (χ3v) is 4.96. The molecule has 0 bridgehead atoms. The molecule has 0 unspecified atom stereocenters. The Hall–Kier alpha value is -0.770. The summed E-state index contributed by atoms with van der Waals surface area (Å²) in [6, 6.07) is 15.7. The predicted molar refractivity (Wildman–Crippen MR) is 91.4 cm³/mol. The Morgan fingerprint density at radius 2 is 1.80 bits per heavy atom. The number of benzene rings is 2. The molecule has 0 aliphatic carbocycles. The summed E-state index contributed by atoms with van der Waals surface area (Å²) in [7, 11) is 0. The molecule has 3 heteroatoms. The second kappa shape index (κ2) is 7.30. The van der Waals surface area contributed by atoms with Gasteiger partial charge >= 0.3 is 0 Å². The molecule has 0 amide bonds. The highest BCUT2D eigenvalue weighted by molar-refractivity contribution is 9.10. The second-order valence-corrected chi connectivity index (χ2v) is 7.19. The van der Waals surface area contributed by atoms with E-state index >= 15 is 0 Å². The van der Waals surface area contributed by atoms with Gasteiger partial charge in [0.1, 0.15) is 0 Å². The first kappa shape index (κ1) is 15.6. The van der Waals surface area contributed by atoms with Crippen LogP contribution in [0.3, 0.4) is 0 Å². The molecule has 0 aromatic heterocycles.